The Labute approximate surface area is 281 Å². The molecular weight excluding hydrogens is 598 g/mol. The van der Waals surface area contributed by atoms with E-state index in [-0.39, 0.29) is 98.7 Å². The molecule has 4 N–H and O–H groups in total. The Morgan fingerprint density at radius 3 is 2.22 bits per heavy atom. The molecule has 0 aliphatic heterocycles. The Hall–Kier alpha value is -1.79. The number of aliphatic imine (C=N–C) groups is 1. The summed E-state index contributed by atoms with van der Waals surface area (Å²) >= 11 is 0. The van der Waals surface area contributed by atoms with E-state index in [0.717, 1.165) is 31.0 Å². The van der Waals surface area contributed by atoms with Gasteiger partial charge in [0.1, 0.15) is 16.3 Å². The first-order valence-electron chi connectivity index (χ1n) is 11.7. The third kappa shape index (κ3) is 8.86. The van der Waals surface area contributed by atoms with Crippen molar-refractivity contribution in [1.82, 2.24) is 0 Å². The normalized spacial score (nSPS) is 18.1. The number of nitrogen functional groups attached to an aromatic ring is 1. The average Bonchev–Trinajstić information content (AvgIpc) is 2.84. The molecule has 1 aliphatic rings. The Kier molecular flexibility index (Phi) is 12.2. The number of hydrogen-bond acceptors (Lipinski definition) is 11. The number of nitrogens with two attached hydrogens (primary N) is 1. The van der Waals surface area contributed by atoms with Crippen LogP contribution in [0.25, 0.3) is 10.8 Å². The van der Waals surface area contributed by atoms with Crippen molar-refractivity contribution in [2.45, 2.75) is 48.5 Å². The van der Waals surface area contributed by atoms with Gasteiger partial charge in [-0.15, -0.1) is 10.2 Å². The second-order valence-corrected chi connectivity index (χ2v) is 12.0. The van der Waals surface area contributed by atoms with E-state index < -0.39 is 41.9 Å². The Morgan fingerprint density at radius 1 is 0.951 bits per heavy atom. The van der Waals surface area contributed by atoms with Crippen LogP contribution in [0.2, 0.25) is 0 Å². The molecule has 41 heavy (non-hydrogen) atoms. The number of nitrogens with zero attached hydrogens (tertiary/aromatic N) is 3. The third-order valence-electron chi connectivity index (χ3n) is 6.29. The Morgan fingerprint density at radius 2 is 1.61 bits per heavy atom. The molecule has 0 saturated heterocycles. The summed E-state index contributed by atoms with van der Waals surface area (Å²) in [7, 11) is -9.53. The molecule has 208 valence electrons. The summed E-state index contributed by atoms with van der Waals surface area (Å²) in [6.07, 6.45) is 2.07. The van der Waals surface area contributed by atoms with E-state index in [1.54, 1.807) is 0 Å². The standard InChI is InChI=1S/C24H26N4O9S2.2Na/c1-13-2-6-16(7-3-13)37-24(30)26-15-5-9-19(21(11-15)39(34,35)36)27-28-23-18(25)8-4-14-10-17(38(31,32)33)12-20(29)22(14)23;;/h4-5,8-13,16,29H,2-3,6-7,25H2,1H3,(H,26,30)(H,31,32,33)(H,34,35,36);;/q;2*+1/p-2. The first kappa shape index (κ1) is 35.4. The summed E-state index contributed by atoms with van der Waals surface area (Å²) in [4.78, 5) is 2.41. The van der Waals surface area contributed by atoms with Gasteiger partial charge in [-0.1, -0.05) is 18.7 Å². The van der Waals surface area contributed by atoms with Gasteiger partial charge < -0.3 is 20.7 Å². The van der Waals surface area contributed by atoms with Gasteiger partial charge in [-0.3, -0.25) is 9.11 Å². The minimum atomic E-state index is -4.87. The topological polar surface area (TPSA) is 227 Å². The van der Waals surface area contributed by atoms with Crippen LogP contribution in [0.5, 0.6) is 5.75 Å². The van der Waals surface area contributed by atoms with Gasteiger partial charge in [-0.2, -0.15) is 16.8 Å². The van der Waals surface area contributed by atoms with Crippen molar-refractivity contribution in [3.63, 3.8) is 0 Å². The van der Waals surface area contributed by atoms with Crippen molar-refractivity contribution in [2.24, 2.45) is 21.1 Å². The molecule has 13 nitrogen and oxygen atoms in total. The minimum Gasteiger partial charge on any atom is -0.872 e. The van der Waals surface area contributed by atoms with Crippen molar-refractivity contribution < 1.29 is 100 Å². The van der Waals surface area contributed by atoms with Crippen LogP contribution < -0.4 is 75.1 Å². The van der Waals surface area contributed by atoms with Crippen molar-refractivity contribution in [3.05, 3.63) is 42.5 Å². The second kappa shape index (κ2) is 14.1. The average molecular weight is 623 g/mol. The summed E-state index contributed by atoms with van der Waals surface area (Å²) in [5, 5.41) is 32.6. The van der Waals surface area contributed by atoms with E-state index >= 15 is 0 Å². The molecule has 0 amide bonds. The third-order valence-corrected chi connectivity index (χ3v) is 8.00. The molecule has 0 aromatic heterocycles. The van der Waals surface area contributed by atoms with Gasteiger partial charge >= 0.3 is 59.1 Å². The van der Waals surface area contributed by atoms with Crippen LogP contribution in [-0.2, 0) is 25.0 Å². The van der Waals surface area contributed by atoms with Crippen LogP contribution in [0, 0.1) is 5.92 Å². The molecule has 3 aromatic carbocycles. The van der Waals surface area contributed by atoms with Gasteiger partial charge in [-0.05, 0) is 73.4 Å². The van der Waals surface area contributed by atoms with Crippen LogP contribution in [0.3, 0.4) is 0 Å². The second-order valence-electron chi connectivity index (χ2n) is 9.20. The molecule has 0 spiro atoms. The molecule has 3 aromatic rings. The Balaban J connectivity index is 0.00000294. The largest absolute Gasteiger partial charge is 1.00 e. The van der Waals surface area contributed by atoms with Crippen LogP contribution in [0.15, 0.2) is 67.5 Å². The summed E-state index contributed by atoms with van der Waals surface area (Å²) < 4.78 is 71.4. The first-order chi connectivity index (χ1) is 18.2. The van der Waals surface area contributed by atoms with Crippen LogP contribution in [-0.4, -0.2) is 38.1 Å². The van der Waals surface area contributed by atoms with Gasteiger partial charge in [0.2, 0.25) is 0 Å². The number of anilines is 1. The summed E-state index contributed by atoms with van der Waals surface area (Å²) in [6.45, 7) is 2.12. The molecule has 17 heteroatoms. The van der Waals surface area contributed by atoms with Gasteiger partial charge in [-0.25, -0.2) is 4.99 Å². The zero-order valence-electron chi connectivity index (χ0n) is 22.5. The molecule has 0 bridgehead atoms. The minimum absolute atomic E-state index is 0. The molecule has 1 fully saturated rings. The predicted molar refractivity (Wildman–Crippen MR) is 138 cm³/mol. The molecule has 1 saturated carbocycles. The summed E-state index contributed by atoms with van der Waals surface area (Å²) in [6, 6.07) is 7.69. The van der Waals surface area contributed by atoms with Crippen molar-refractivity contribution >= 4 is 59.8 Å². The first-order valence-corrected chi connectivity index (χ1v) is 14.6. The van der Waals surface area contributed by atoms with Crippen molar-refractivity contribution in [1.29, 1.82) is 0 Å². The fourth-order valence-electron chi connectivity index (χ4n) is 4.24. The van der Waals surface area contributed by atoms with Gasteiger partial charge in [0.25, 0.3) is 20.2 Å². The quantitative estimate of drug-likeness (QED) is 0.0646. The maximum atomic E-state index is 12.6. The van der Waals surface area contributed by atoms with E-state index in [1.807, 2.05) is 0 Å². The van der Waals surface area contributed by atoms with Crippen LogP contribution in [0.4, 0.5) is 22.7 Å². The van der Waals surface area contributed by atoms with Crippen LogP contribution >= 0.6 is 0 Å². The SMILES string of the molecule is CC1CCC(OC([O-])=Nc2ccc(N=Nc3c(N)ccc4cc(S(=O)(=O)O)cc([O-])c34)c(S(=O)(=O)O)c2)CC1.[Na+].[Na+]. The number of fused-ring (bicyclic) bond motifs is 1. The molecule has 4 rings (SSSR count). The van der Waals surface area contributed by atoms with Gasteiger partial charge in [0.15, 0.2) is 6.08 Å². The van der Waals surface area contributed by atoms with Gasteiger partial charge in [0.05, 0.1) is 16.3 Å². The maximum Gasteiger partial charge on any atom is 1.00 e. The zero-order valence-corrected chi connectivity index (χ0v) is 28.1. The smallest absolute Gasteiger partial charge is 0.872 e. The number of azo groups is 1. The number of hydrogen-bond donors (Lipinski definition) is 3. The van der Waals surface area contributed by atoms with Crippen molar-refractivity contribution in [2.75, 3.05) is 5.73 Å². The summed E-state index contributed by atoms with van der Waals surface area (Å²) in [5.41, 5.74) is 5.23. The predicted octanol–water partition coefficient (Wildman–Crippen LogP) is -2.64. The van der Waals surface area contributed by atoms with Crippen molar-refractivity contribution in [3.8, 4) is 5.75 Å². The van der Waals surface area contributed by atoms with E-state index in [1.165, 1.54) is 18.2 Å². The number of ether oxygens (including phenoxy) is 1. The summed E-state index contributed by atoms with van der Waals surface area (Å²) in [5.74, 6) is -0.286. The molecular formula is C24H24N4Na2O9S2. The fraction of sp³-hybridized carbons (Fsp3) is 0.292. The molecule has 0 heterocycles. The number of benzene rings is 3. The van der Waals surface area contributed by atoms with E-state index in [4.69, 9.17) is 10.5 Å². The van der Waals surface area contributed by atoms with Crippen LogP contribution in [0.1, 0.15) is 32.6 Å². The number of rotatable bonds is 6. The maximum absolute atomic E-state index is 12.6. The molecule has 0 radical (unpaired) electrons. The Bertz CT molecular complexity index is 1710. The van der Waals surface area contributed by atoms with E-state index in [2.05, 4.69) is 22.1 Å². The molecule has 1 aliphatic carbocycles. The molecule has 0 atom stereocenters. The van der Waals surface area contributed by atoms with Gasteiger partial charge in [0, 0.05) is 11.5 Å². The van der Waals surface area contributed by atoms with E-state index in [0.29, 0.717) is 24.8 Å². The zero-order chi connectivity index (χ0) is 28.5. The van der Waals surface area contributed by atoms with E-state index in [9.17, 15) is 36.2 Å². The monoisotopic (exact) mass is 622 g/mol. The molecule has 0 unspecified atom stereocenters. The fourth-order valence-corrected chi connectivity index (χ4v) is 5.42.